The minimum Gasteiger partial charge on any atom is -0.481 e. The SMILES string of the molecule is C[C@H](NS(=O)(=O)c1ccc(-c2sc(-c3noc(CC(C)(C)C(=O)O)n3)nc2CC2CCC2)c2ccccc12)C(F)(F)F. The summed E-state index contributed by atoms with van der Waals surface area (Å²) in [6, 6.07) is 7.30. The Hall–Kier alpha value is -3.36. The lowest BCUT2D eigenvalue weighted by atomic mass is 9.81. The van der Waals surface area contributed by atoms with Gasteiger partial charge in [0.2, 0.25) is 21.7 Å². The minimum atomic E-state index is -4.74. The Morgan fingerprint density at radius 1 is 1.14 bits per heavy atom. The van der Waals surface area contributed by atoms with E-state index < -0.39 is 33.6 Å². The average molecular weight is 623 g/mol. The van der Waals surface area contributed by atoms with Crippen LogP contribution in [0.25, 0.3) is 32.0 Å². The predicted octanol–water partition coefficient (Wildman–Crippen LogP) is 6.24. The molecule has 0 spiro atoms. The van der Waals surface area contributed by atoms with Crippen LogP contribution in [0.1, 0.15) is 51.6 Å². The topological polar surface area (TPSA) is 135 Å². The standard InChI is InChI=1S/C28H29F3N4O5S2/c1-15(28(29,30)31)35-42(38,39)21-12-11-19(17-9-4-5-10-18(17)21)23-20(13-16-7-6-8-16)32-25(41-23)24-33-22(40-34-24)14-27(2,3)26(36)37/h4-5,9-12,15-16,35H,6-8,13-14H2,1-3H3,(H,36,37)/t15-/m0/s1. The highest BCUT2D eigenvalue weighted by Gasteiger charge is 2.39. The van der Waals surface area contributed by atoms with Gasteiger partial charge in [-0.1, -0.05) is 54.8 Å². The first kappa shape index (κ1) is 30.1. The molecule has 1 aliphatic carbocycles. The normalized spacial score (nSPS) is 15.6. The maximum absolute atomic E-state index is 13.2. The molecule has 0 bridgehead atoms. The van der Waals surface area contributed by atoms with E-state index in [4.69, 9.17) is 9.51 Å². The Morgan fingerprint density at radius 2 is 1.83 bits per heavy atom. The second-order valence-electron chi connectivity index (χ2n) is 11.2. The van der Waals surface area contributed by atoms with Crippen molar-refractivity contribution in [3.8, 4) is 21.3 Å². The van der Waals surface area contributed by atoms with Gasteiger partial charge in [-0.3, -0.25) is 4.79 Å². The number of aromatic nitrogens is 3. The van der Waals surface area contributed by atoms with Gasteiger partial charge in [0.15, 0.2) is 5.01 Å². The fourth-order valence-corrected chi connectivity index (χ4v) is 7.20. The van der Waals surface area contributed by atoms with Gasteiger partial charge in [0.1, 0.15) is 6.04 Å². The molecule has 0 unspecified atom stereocenters. The van der Waals surface area contributed by atoms with Crippen LogP contribution in [0, 0.1) is 11.3 Å². The molecular formula is C28H29F3N4O5S2. The van der Waals surface area contributed by atoms with Crippen LogP contribution in [0.15, 0.2) is 45.8 Å². The number of carbonyl (C=O) groups is 1. The van der Waals surface area contributed by atoms with Crippen molar-refractivity contribution < 1.29 is 36.0 Å². The first-order valence-corrected chi connectivity index (χ1v) is 15.6. The largest absolute Gasteiger partial charge is 0.481 e. The van der Waals surface area contributed by atoms with Crippen LogP contribution in [-0.2, 0) is 27.7 Å². The van der Waals surface area contributed by atoms with E-state index in [-0.39, 0.29) is 28.4 Å². The van der Waals surface area contributed by atoms with Crippen molar-refractivity contribution in [2.75, 3.05) is 0 Å². The van der Waals surface area contributed by atoms with Crippen LogP contribution >= 0.6 is 11.3 Å². The molecule has 1 fully saturated rings. The summed E-state index contributed by atoms with van der Waals surface area (Å²) in [5.74, 6) is -0.182. The summed E-state index contributed by atoms with van der Waals surface area (Å²) in [7, 11) is -4.50. The fourth-order valence-electron chi connectivity index (χ4n) is 4.70. The van der Waals surface area contributed by atoms with E-state index in [2.05, 4.69) is 10.1 Å². The third kappa shape index (κ3) is 6.06. The zero-order chi connectivity index (χ0) is 30.4. The Bertz CT molecular complexity index is 1740. The lowest BCUT2D eigenvalue weighted by Gasteiger charge is -2.24. The highest BCUT2D eigenvalue weighted by atomic mass is 32.2. The van der Waals surface area contributed by atoms with Gasteiger partial charge in [0.25, 0.3) is 0 Å². The van der Waals surface area contributed by atoms with Crippen LogP contribution in [0.5, 0.6) is 0 Å². The van der Waals surface area contributed by atoms with Gasteiger partial charge in [0.05, 0.1) is 20.9 Å². The third-order valence-electron chi connectivity index (χ3n) is 7.48. The van der Waals surface area contributed by atoms with Gasteiger partial charge >= 0.3 is 12.1 Å². The van der Waals surface area contributed by atoms with Gasteiger partial charge in [-0.05, 0) is 44.6 Å². The van der Waals surface area contributed by atoms with E-state index in [0.717, 1.165) is 36.8 Å². The van der Waals surface area contributed by atoms with E-state index in [0.29, 0.717) is 28.3 Å². The molecule has 224 valence electrons. The Labute approximate surface area is 244 Å². The number of aliphatic carboxylic acids is 1. The minimum absolute atomic E-state index is 0.0318. The maximum atomic E-state index is 13.2. The number of sulfonamides is 1. The molecule has 2 aromatic heterocycles. The summed E-state index contributed by atoms with van der Waals surface area (Å²) in [6.45, 7) is 3.88. The summed E-state index contributed by atoms with van der Waals surface area (Å²) in [5.41, 5.74) is 0.352. The van der Waals surface area contributed by atoms with Crippen LogP contribution in [-0.4, -0.2) is 46.8 Å². The number of alkyl halides is 3. The number of hydrogen-bond donors (Lipinski definition) is 2. The molecule has 2 N–H and O–H groups in total. The molecule has 2 heterocycles. The van der Waals surface area contributed by atoms with Crippen molar-refractivity contribution in [1.82, 2.24) is 19.8 Å². The number of rotatable bonds is 10. The molecular weight excluding hydrogens is 593 g/mol. The van der Waals surface area contributed by atoms with Crippen LogP contribution in [0.2, 0.25) is 0 Å². The maximum Gasteiger partial charge on any atom is 0.404 e. The molecule has 1 aliphatic rings. The fraction of sp³-hybridized carbons (Fsp3) is 0.429. The van der Waals surface area contributed by atoms with Crippen LogP contribution < -0.4 is 4.72 Å². The summed E-state index contributed by atoms with van der Waals surface area (Å²) < 4.78 is 72.7. The molecule has 0 amide bonds. The third-order valence-corrected chi connectivity index (χ3v) is 10.2. The lowest BCUT2D eigenvalue weighted by Crippen LogP contribution is -2.43. The van der Waals surface area contributed by atoms with E-state index in [1.807, 2.05) is 0 Å². The number of nitrogens with zero attached hydrogens (tertiary/aromatic N) is 3. The molecule has 5 rings (SSSR count). The molecule has 0 saturated heterocycles. The zero-order valence-corrected chi connectivity index (χ0v) is 24.7. The van der Waals surface area contributed by atoms with Crippen molar-refractivity contribution >= 4 is 38.1 Å². The number of hydrogen-bond acceptors (Lipinski definition) is 8. The molecule has 1 atom stereocenters. The first-order chi connectivity index (χ1) is 19.7. The summed E-state index contributed by atoms with van der Waals surface area (Å²) >= 11 is 1.30. The lowest BCUT2D eigenvalue weighted by molar-refractivity contribution is -0.147. The molecule has 1 saturated carbocycles. The quantitative estimate of drug-likeness (QED) is 0.212. The Kier molecular flexibility index (Phi) is 7.92. The molecule has 0 radical (unpaired) electrons. The smallest absolute Gasteiger partial charge is 0.404 e. The molecule has 42 heavy (non-hydrogen) atoms. The zero-order valence-electron chi connectivity index (χ0n) is 23.0. The van der Waals surface area contributed by atoms with Crippen molar-refractivity contribution in [1.29, 1.82) is 0 Å². The highest BCUT2D eigenvalue weighted by Crippen LogP contribution is 2.42. The number of thiazole rings is 1. The van der Waals surface area contributed by atoms with Crippen LogP contribution in [0.4, 0.5) is 13.2 Å². The van der Waals surface area contributed by atoms with Gasteiger partial charge in [-0.25, -0.2) is 13.4 Å². The van der Waals surface area contributed by atoms with Crippen molar-refractivity contribution in [2.45, 2.75) is 70.0 Å². The van der Waals surface area contributed by atoms with Crippen LogP contribution in [0.3, 0.4) is 0 Å². The molecule has 0 aliphatic heterocycles. The summed E-state index contributed by atoms with van der Waals surface area (Å²) in [5, 5.41) is 14.8. The Balaban J connectivity index is 1.57. The molecule has 9 nitrogen and oxygen atoms in total. The van der Waals surface area contributed by atoms with Crippen molar-refractivity contribution in [3.05, 3.63) is 48.0 Å². The van der Waals surface area contributed by atoms with Gasteiger partial charge in [-0.15, -0.1) is 11.3 Å². The number of benzene rings is 2. The number of fused-ring (bicyclic) bond motifs is 1. The molecule has 2 aromatic carbocycles. The predicted molar refractivity (Wildman–Crippen MR) is 150 cm³/mol. The molecule has 14 heteroatoms. The number of carboxylic acid groups (broad SMARTS) is 1. The first-order valence-electron chi connectivity index (χ1n) is 13.3. The number of carboxylic acids is 1. The average Bonchev–Trinajstić information content (AvgIpc) is 3.51. The van der Waals surface area contributed by atoms with E-state index in [9.17, 15) is 31.5 Å². The Morgan fingerprint density at radius 3 is 2.45 bits per heavy atom. The summed E-state index contributed by atoms with van der Waals surface area (Å²) in [6.07, 6.45) is -0.778. The van der Waals surface area contributed by atoms with E-state index >= 15 is 0 Å². The second kappa shape index (κ2) is 11.0. The van der Waals surface area contributed by atoms with Gasteiger partial charge in [0, 0.05) is 17.4 Å². The van der Waals surface area contributed by atoms with Gasteiger partial charge < -0.3 is 9.63 Å². The van der Waals surface area contributed by atoms with Crippen molar-refractivity contribution in [3.63, 3.8) is 0 Å². The molecule has 4 aromatic rings. The van der Waals surface area contributed by atoms with Crippen molar-refractivity contribution in [2.24, 2.45) is 11.3 Å². The number of halogens is 3. The van der Waals surface area contributed by atoms with E-state index in [1.165, 1.54) is 17.4 Å². The highest BCUT2D eigenvalue weighted by molar-refractivity contribution is 7.89. The monoisotopic (exact) mass is 622 g/mol. The second-order valence-corrected chi connectivity index (χ2v) is 13.9. The number of nitrogens with one attached hydrogen (secondary N) is 1. The van der Waals surface area contributed by atoms with Gasteiger partial charge in [-0.2, -0.15) is 22.9 Å². The summed E-state index contributed by atoms with van der Waals surface area (Å²) in [4.78, 5) is 21.3. The van der Waals surface area contributed by atoms with E-state index in [1.54, 1.807) is 48.9 Å².